The van der Waals surface area contributed by atoms with E-state index >= 15 is 0 Å². The summed E-state index contributed by atoms with van der Waals surface area (Å²) in [4.78, 5) is 0. The predicted molar refractivity (Wildman–Crippen MR) is 75.7 cm³/mol. The van der Waals surface area contributed by atoms with E-state index in [-0.39, 0.29) is 0 Å². The van der Waals surface area contributed by atoms with Gasteiger partial charge in [-0.2, -0.15) is 5.26 Å². The molecule has 90 valence electrons. The molecule has 0 atom stereocenters. The number of nitrogens with zero attached hydrogens (tertiary/aromatic N) is 1. The first-order valence-electron chi connectivity index (χ1n) is 5.91. The van der Waals surface area contributed by atoms with Crippen molar-refractivity contribution in [1.82, 2.24) is 0 Å². The van der Waals surface area contributed by atoms with Gasteiger partial charge in [0.15, 0.2) is 0 Å². The summed E-state index contributed by atoms with van der Waals surface area (Å²) in [6.45, 7) is 4.33. The first kappa shape index (κ1) is 12.7. The van der Waals surface area contributed by atoms with Crippen LogP contribution in [0.4, 0.5) is 0 Å². The van der Waals surface area contributed by atoms with Crippen LogP contribution in [-0.4, -0.2) is 0 Å². The summed E-state index contributed by atoms with van der Waals surface area (Å²) in [7, 11) is 0. The second-order valence-electron chi connectivity index (χ2n) is 4.62. The van der Waals surface area contributed by atoms with Crippen molar-refractivity contribution in [2.75, 3.05) is 0 Å². The van der Waals surface area contributed by atoms with Gasteiger partial charge in [-0.05, 0) is 40.8 Å². The van der Waals surface area contributed by atoms with Crippen molar-refractivity contribution in [2.45, 2.75) is 19.8 Å². The molecule has 0 aliphatic rings. The van der Waals surface area contributed by atoms with Crippen molar-refractivity contribution >= 4 is 11.6 Å². The van der Waals surface area contributed by atoms with Gasteiger partial charge in [0.25, 0.3) is 0 Å². The monoisotopic (exact) mass is 255 g/mol. The van der Waals surface area contributed by atoms with E-state index in [1.807, 2.05) is 24.3 Å². The Labute approximate surface area is 113 Å². The normalized spacial score (nSPS) is 10.4. The summed E-state index contributed by atoms with van der Waals surface area (Å²) < 4.78 is 0. The Morgan fingerprint density at radius 3 is 2.50 bits per heavy atom. The van der Waals surface area contributed by atoms with Crippen LogP contribution >= 0.6 is 11.6 Å². The number of rotatable bonds is 2. The van der Waals surface area contributed by atoms with Gasteiger partial charge in [0.2, 0.25) is 0 Å². The fourth-order valence-corrected chi connectivity index (χ4v) is 2.13. The van der Waals surface area contributed by atoms with Gasteiger partial charge in [0.1, 0.15) is 0 Å². The predicted octanol–water partition coefficient (Wildman–Crippen LogP) is 5.00. The first-order chi connectivity index (χ1) is 8.60. The second kappa shape index (κ2) is 5.25. The molecule has 0 N–H and O–H groups in total. The molecule has 0 aromatic heterocycles. The van der Waals surface area contributed by atoms with Gasteiger partial charge in [-0.15, -0.1) is 0 Å². The standard InChI is InChI=1S/C16H14ClN/c1-11(2)13-4-3-5-14(8-13)15-6-12(10-18)7-16(17)9-15/h3-9,11H,1-2H3. The quantitative estimate of drug-likeness (QED) is 0.741. The molecule has 18 heavy (non-hydrogen) atoms. The number of hydrogen-bond donors (Lipinski definition) is 0. The molecule has 0 spiro atoms. The van der Waals surface area contributed by atoms with E-state index < -0.39 is 0 Å². The van der Waals surface area contributed by atoms with E-state index in [0.717, 1.165) is 11.1 Å². The zero-order valence-electron chi connectivity index (χ0n) is 10.4. The lowest BCUT2D eigenvalue weighted by molar-refractivity contribution is 0.867. The fraction of sp³-hybridized carbons (Fsp3) is 0.188. The molecule has 2 aromatic carbocycles. The van der Waals surface area contributed by atoms with Crippen LogP contribution in [0.25, 0.3) is 11.1 Å². The maximum absolute atomic E-state index is 8.97. The van der Waals surface area contributed by atoms with Crippen molar-refractivity contribution in [1.29, 1.82) is 5.26 Å². The summed E-state index contributed by atoms with van der Waals surface area (Å²) >= 11 is 6.03. The molecule has 2 heteroatoms. The van der Waals surface area contributed by atoms with Crippen LogP contribution in [-0.2, 0) is 0 Å². The van der Waals surface area contributed by atoms with Crippen LogP contribution in [0.3, 0.4) is 0 Å². The van der Waals surface area contributed by atoms with Crippen molar-refractivity contribution in [3.8, 4) is 17.2 Å². The molecular weight excluding hydrogens is 242 g/mol. The fourth-order valence-electron chi connectivity index (χ4n) is 1.90. The summed E-state index contributed by atoms with van der Waals surface area (Å²) in [6.07, 6.45) is 0. The van der Waals surface area contributed by atoms with Gasteiger partial charge in [0, 0.05) is 5.02 Å². The Balaban J connectivity index is 2.52. The highest BCUT2D eigenvalue weighted by atomic mass is 35.5. The zero-order valence-corrected chi connectivity index (χ0v) is 11.2. The lowest BCUT2D eigenvalue weighted by Gasteiger charge is -2.09. The molecule has 2 aromatic rings. The average Bonchev–Trinajstić information content (AvgIpc) is 2.38. The third-order valence-corrected chi connectivity index (χ3v) is 3.13. The second-order valence-corrected chi connectivity index (χ2v) is 5.06. The van der Waals surface area contributed by atoms with E-state index in [9.17, 15) is 0 Å². The smallest absolute Gasteiger partial charge is 0.0992 e. The Morgan fingerprint density at radius 2 is 1.83 bits per heavy atom. The molecule has 0 saturated carbocycles. The molecule has 0 bridgehead atoms. The molecule has 0 saturated heterocycles. The summed E-state index contributed by atoms with van der Waals surface area (Å²) in [6, 6.07) is 15.9. The van der Waals surface area contributed by atoms with Crippen LogP contribution in [0.1, 0.15) is 30.9 Å². The van der Waals surface area contributed by atoms with E-state index in [0.29, 0.717) is 16.5 Å². The largest absolute Gasteiger partial charge is 0.192 e. The molecule has 0 amide bonds. The van der Waals surface area contributed by atoms with Gasteiger partial charge >= 0.3 is 0 Å². The van der Waals surface area contributed by atoms with Gasteiger partial charge < -0.3 is 0 Å². The van der Waals surface area contributed by atoms with Crippen LogP contribution in [0.2, 0.25) is 5.02 Å². The van der Waals surface area contributed by atoms with Crippen LogP contribution < -0.4 is 0 Å². The molecule has 0 heterocycles. The molecule has 0 aliphatic heterocycles. The Kier molecular flexibility index (Phi) is 3.69. The van der Waals surface area contributed by atoms with Crippen LogP contribution in [0.15, 0.2) is 42.5 Å². The minimum atomic E-state index is 0.486. The van der Waals surface area contributed by atoms with Crippen molar-refractivity contribution in [3.05, 3.63) is 58.6 Å². The Bertz CT molecular complexity index is 609. The third-order valence-electron chi connectivity index (χ3n) is 2.91. The molecule has 1 nitrogen and oxygen atoms in total. The maximum Gasteiger partial charge on any atom is 0.0992 e. The number of nitriles is 1. The van der Waals surface area contributed by atoms with E-state index in [1.165, 1.54) is 5.56 Å². The highest BCUT2D eigenvalue weighted by Crippen LogP contribution is 2.27. The molecule has 2 rings (SSSR count). The molecular formula is C16H14ClN. The molecule has 0 radical (unpaired) electrons. The molecule has 0 fully saturated rings. The minimum Gasteiger partial charge on any atom is -0.192 e. The van der Waals surface area contributed by atoms with Crippen LogP contribution in [0.5, 0.6) is 0 Å². The zero-order chi connectivity index (χ0) is 13.1. The van der Waals surface area contributed by atoms with E-state index in [1.54, 1.807) is 6.07 Å². The topological polar surface area (TPSA) is 23.8 Å². The van der Waals surface area contributed by atoms with Crippen molar-refractivity contribution < 1.29 is 0 Å². The summed E-state index contributed by atoms with van der Waals surface area (Å²) in [5.74, 6) is 0.486. The molecule has 0 aliphatic carbocycles. The van der Waals surface area contributed by atoms with Gasteiger partial charge in [0.05, 0.1) is 11.6 Å². The third kappa shape index (κ3) is 2.72. The van der Waals surface area contributed by atoms with Gasteiger partial charge in [-0.3, -0.25) is 0 Å². The first-order valence-corrected chi connectivity index (χ1v) is 6.29. The lowest BCUT2D eigenvalue weighted by Crippen LogP contribution is -1.88. The number of benzene rings is 2. The van der Waals surface area contributed by atoms with Crippen LogP contribution in [0, 0.1) is 11.3 Å². The average molecular weight is 256 g/mol. The highest BCUT2D eigenvalue weighted by molar-refractivity contribution is 6.31. The Morgan fingerprint density at radius 1 is 1.06 bits per heavy atom. The SMILES string of the molecule is CC(C)c1cccc(-c2cc(Cl)cc(C#N)c2)c1. The van der Waals surface area contributed by atoms with Gasteiger partial charge in [-0.1, -0.05) is 49.7 Å². The summed E-state index contributed by atoms with van der Waals surface area (Å²) in [5.41, 5.74) is 3.96. The van der Waals surface area contributed by atoms with Crippen molar-refractivity contribution in [2.24, 2.45) is 0 Å². The molecule has 0 unspecified atom stereocenters. The number of hydrogen-bond acceptors (Lipinski definition) is 1. The lowest BCUT2D eigenvalue weighted by atomic mass is 9.97. The highest BCUT2D eigenvalue weighted by Gasteiger charge is 2.05. The Hall–Kier alpha value is -1.78. The van der Waals surface area contributed by atoms with E-state index in [2.05, 4.69) is 32.0 Å². The minimum absolute atomic E-state index is 0.486. The number of halogens is 1. The van der Waals surface area contributed by atoms with E-state index in [4.69, 9.17) is 16.9 Å². The summed E-state index contributed by atoms with van der Waals surface area (Å²) in [5, 5.41) is 9.56. The van der Waals surface area contributed by atoms with Crippen molar-refractivity contribution in [3.63, 3.8) is 0 Å². The maximum atomic E-state index is 8.97. The van der Waals surface area contributed by atoms with Gasteiger partial charge in [-0.25, -0.2) is 0 Å².